The summed E-state index contributed by atoms with van der Waals surface area (Å²) in [6.45, 7) is 0. The van der Waals surface area contributed by atoms with E-state index in [1.807, 2.05) is 24.3 Å². The van der Waals surface area contributed by atoms with Gasteiger partial charge in [-0.3, -0.25) is 4.99 Å². The van der Waals surface area contributed by atoms with Crippen molar-refractivity contribution in [3.05, 3.63) is 77.6 Å². The molecule has 1 aliphatic carbocycles. The molecular weight excluding hydrogens is 408 g/mol. The minimum Gasteiger partial charge on any atom is -0.460 e. The van der Waals surface area contributed by atoms with Crippen molar-refractivity contribution in [1.82, 2.24) is 9.97 Å². The Morgan fingerprint density at radius 2 is 1.47 bits per heavy atom. The van der Waals surface area contributed by atoms with E-state index in [2.05, 4.69) is 15.0 Å². The molecule has 164 valence electrons. The lowest BCUT2D eigenvalue weighted by molar-refractivity contribution is 0.142. The number of hydrogen-bond donors (Lipinski definition) is 0. The minimum absolute atomic E-state index is 0.000644. The van der Waals surface area contributed by atoms with E-state index < -0.39 is 11.6 Å². The van der Waals surface area contributed by atoms with Gasteiger partial charge in [0.1, 0.15) is 17.7 Å². The molecule has 2 heterocycles. The number of aromatic nitrogens is 2. The van der Waals surface area contributed by atoms with Crippen molar-refractivity contribution in [2.24, 2.45) is 4.99 Å². The first-order valence-electron chi connectivity index (χ1n) is 11.3. The molecule has 6 heteroatoms. The zero-order valence-corrected chi connectivity index (χ0v) is 17.8. The van der Waals surface area contributed by atoms with Crippen LogP contribution in [-0.2, 0) is 0 Å². The van der Waals surface area contributed by atoms with Gasteiger partial charge in [-0.2, -0.15) is 0 Å². The summed E-state index contributed by atoms with van der Waals surface area (Å²) in [6.07, 6.45) is 10.9. The van der Waals surface area contributed by atoms with Crippen LogP contribution in [0.25, 0.3) is 11.1 Å². The molecule has 5 rings (SSSR count). The van der Waals surface area contributed by atoms with Gasteiger partial charge in [0.25, 0.3) is 0 Å². The lowest BCUT2D eigenvalue weighted by atomic mass is 9.98. The van der Waals surface area contributed by atoms with E-state index in [1.54, 1.807) is 12.4 Å². The summed E-state index contributed by atoms with van der Waals surface area (Å²) < 4.78 is 34.1. The second-order valence-corrected chi connectivity index (χ2v) is 8.48. The van der Waals surface area contributed by atoms with Crippen molar-refractivity contribution in [1.29, 1.82) is 0 Å². The molecule has 1 aromatic heterocycles. The average Bonchev–Trinajstić information content (AvgIpc) is 3.30. The molecule has 1 saturated carbocycles. The Morgan fingerprint density at radius 1 is 0.781 bits per heavy atom. The zero-order chi connectivity index (χ0) is 21.9. The Hall–Kier alpha value is -3.15. The molecule has 0 radical (unpaired) electrons. The fourth-order valence-corrected chi connectivity index (χ4v) is 4.55. The van der Waals surface area contributed by atoms with E-state index in [1.165, 1.54) is 37.5 Å². The van der Waals surface area contributed by atoms with Gasteiger partial charge >= 0.3 is 6.01 Å². The molecule has 1 atom stereocenters. The fraction of sp³-hybridized carbons (Fsp3) is 0.346. The first kappa shape index (κ1) is 20.7. The Labute approximate surface area is 186 Å². The predicted octanol–water partition coefficient (Wildman–Crippen LogP) is 6.46. The molecule has 0 saturated heterocycles. The highest BCUT2D eigenvalue weighted by Gasteiger charge is 2.24. The summed E-state index contributed by atoms with van der Waals surface area (Å²) >= 11 is 0. The zero-order valence-electron chi connectivity index (χ0n) is 17.8. The second-order valence-electron chi connectivity index (χ2n) is 8.48. The fourth-order valence-electron chi connectivity index (χ4n) is 4.55. The molecule has 32 heavy (non-hydrogen) atoms. The molecule has 1 unspecified atom stereocenters. The van der Waals surface area contributed by atoms with E-state index in [-0.39, 0.29) is 17.7 Å². The van der Waals surface area contributed by atoms with E-state index in [0.29, 0.717) is 18.1 Å². The van der Waals surface area contributed by atoms with Gasteiger partial charge in [0.2, 0.25) is 0 Å². The van der Waals surface area contributed by atoms with Gasteiger partial charge in [0, 0.05) is 23.7 Å². The van der Waals surface area contributed by atoms with E-state index in [0.717, 1.165) is 36.0 Å². The number of hydrogen-bond acceptors (Lipinski definition) is 4. The largest absolute Gasteiger partial charge is 0.460 e. The van der Waals surface area contributed by atoms with Crippen LogP contribution in [0.15, 0.2) is 59.9 Å². The van der Waals surface area contributed by atoms with Crippen LogP contribution in [0.1, 0.15) is 62.1 Å². The number of nitrogens with zero attached hydrogens (tertiary/aromatic N) is 3. The maximum Gasteiger partial charge on any atom is 0.316 e. The van der Waals surface area contributed by atoms with Crippen LogP contribution in [0.4, 0.5) is 8.78 Å². The van der Waals surface area contributed by atoms with Crippen molar-refractivity contribution < 1.29 is 13.5 Å². The van der Waals surface area contributed by atoms with Crippen LogP contribution in [-0.4, -0.2) is 21.8 Å². The monoisotopic (exact) mass is 433 g/mol. The molecule has 2 aliphatic rings. The van der Waals surface area contributed by atoms with E-state index in [9.17, 15) is 8.78 Å². The highest BCUT2D eigenvalue weighted by molar-refractivity contribution is 6.02. The Kier molecular flexibility index (Phi) is 5.93. The molecular formula is C26H25F2N3O. The third-order valence-electron chi connectivity index (χ3n) is 6.30. The molecule has 1 fully saturated rings. The molecule has 1 aliphatic heterocycles. The van der Waals surface area contributed by atoms with Crippen LogP contribution >= 0.6 is 0 Å². The van der Waals surface area contributed by atoms with Crippen molar-refractivity contribution in [2.75, 3.05) is 0 Å². The quantitative estimate of drug-likeness (QED) is 0.464. The standard InChI is InChI=1S/C26H25F2N3O/c27-21-7-4-8-22(28)25(21)24-14-13-23(31-24)18-11-9-17(10-12-18)19-15-29-26(30-16-19)32-20-5-2-1-3-6-20/h4,7-12,15-16,20,23H,1-3,5-6,13-14H2. The van der Waals surface area contributed by atoms with Crippen LogP contribution < -0.4 is 4.74 Å². The van der Waals surface area contributed by atoms with Crippen LogP contribution in [0.3, 0.4) is 0 Å². The van der Waals surface area contributed by atoms with Gasteiger partial charge in [-0.1, -0.05) is 36.8 Å². The first-order valence-corrected chi connectivity index (χ1v) is 11.3. The summed E-state index contributed by atoms with van der Waals surface area (Å²) in [4.78, 5) is 13.4. The van der Waals surface area contributed by atoms with Crippen LogP contribution in [0.2, 0.25) is 0 Å². The summed E-state index contributed by atoms with van der Waals surface area (Å²) in [5.74, 6) is -1.12. The average molecular weight is 434 g/mol. The second kappa shape index (κ2) is 9.15. The number of ether oxygens (including phenoxy) is 1. The predicted molar refractivity (Wildman–Crippen MR) is 120 cm³/mol. The van der Waals surface area contributed by atoms with Crippen molar-refractivity contribution in [2.45, 2.75) is 57.1 Å². The van der Waals surface area contributed by atoms with Crippen LogP contribution in [0.5, 0.6) is 6.01 Å². The van der Waals surface area contributed by atoms with Gasteiger partial charge in [-0.15, -0.1) is 0 Å². The van der Waals surface area contributed by atoms with Crippen molar-refractivity contribution in [3.8, 4) is 17.1 Å². The lowest BCUT2D eigenvalue weighted by Gasteiger charge is -2.21. The summed E-state index contributed by atoms with van der Waals surface area (Å²) in [5, 5.41) is 0. The smallest absolute Gasteiger partial charge is 0.316 e. The molecule has 0 N–H and O–H groups in total. The van der Waals surface area contributed by atoms with Gasteiger partial charge < -0.3 is 4.74 Å². The molecule has 2 aromatic carbocycles. The number of aliphatic imine (C=N–C) groups is 1. The van der Waals surface area contributed by atoms with Crippen LogP contribution in [0, 0.1) is 11.6 Å². The Morgan fingerprint density at radius 3 is 2.16 bits per heavy atom. The highest BCUT2D eigenvalue weighted by atomic mass is 19.1. The van der Waals surface area contributed by atoms with Gasteiger partial charge in [-0.25, -0.2) is 18.7 Å². The molecule has 0 amide bonds. The molecule has 3 aromatic rings. The highest BCUT2D eigenvalue weighted by Crippen LogP contribution is 2.33. The summed E-state index contributed by atoms with van der Waals surface area (Å²) in [7, 11) is 0. The maximum absolute atomic E-state index is 14.1. The topological polar surface area (TPSA) is 47.4 Å². The molecule has 0 bridgehead atoms. The third kappa shape index (κ3) is 4.40. The molecule has 0 spiro atoms. The Bertz CT molecular complexity index is 1090. The van der Waals surface area contributed by atoms with Gasteiger partial charge in [0.05, 0.1) is 11.6 Å². The third-order valence-corrected chi connectivity index (χ3v) is 6.30. The number of rotatable bonds is 5. The Balaban J connectivity index is 1.28. The molecule has 4 nitrogen and oxygen atoms in total. The maximum atomic E-state index is 14.1. The van der Waals surface area contributed by atoms with E-state index in [4.69, 9.17) is 4.74 Å². The summed E-state index contributed by atoms with van der Waals surface area (Å²) in [5.41, 5.74) is 3.44. The normalized spacial score (nSPS) is 19.1. The van der Waals surface area contributed by atoms with Gasteiger partial charge in [0.15, 0.2) is 0 Å². The number of halogens is 2. The van der Waals surface area contributed by atoms with E-state index >= 15 is 0 Å². The SMILES string of the molecule is Fc1cccc(F)c1C1=NC(c2ccc(-c3cnc(OC4CCCCC4)nc3)cc2)CC1. The lowest BCUT2D eigenvalue weighted by Crippen LogP contribution is -2.20. The summed E-state index contributed by atoms with van der Waals surface area (Å²) in [6, 6.07) is 12.3. The minimum atomic E-state index is -0.560. The number of benzene rings is 2. The van der Waals surface area contributed by atoms with Gasteiger partial charge in [-0.05, 0) is 61.8 Å². The first-order chi connectivity index (χ1) is 15.7. The van der Waals surface area contributed by atoms with Crippen molar-refractivity contribution >= 4 is 5.71 Å². The van der Waals surface area contributed by atoms with Crippen molar-refractivity contribution in [3.63, 3.8) is 0 Å².